The third kappa shape index (κ3) is 6.23. The van der Waals surface area contributed by atoms with Gasteiger partial charge in [0.1, 0.15) is 18.0 Å². The Hall–Kier alpha value is -2.12. The number of ether oxygens (including phenoxy) is 3. The molecule has 12 heteroatoms. The van der Waals surface area contributed by atoms with Crippen LogP contribution in [0, 0.1) is 0 Å². The Morgan fingerprint density at radius 1 is 1.28 bits per heavy atom. The molecular formula is C20H28F3N3O6. The van der Waals surface area contributed by atoms with Gasteiger partial charge < -0.3 is 35.1 Å². The van der Waals surface area contributed by atoms with Crippen LogP contribution in [-0.2, 0) is 9.47 Å². The number of benzene rings is 1. The standard InChI is InChI=1S/C20H28F3N3O6/c1-30-11-13-3-2-8-26(13)17-15(31-16(10-27)18(17)28)9-24-19(29)25-12-4-6-14(7-5-12)32-20(21,22)23/h4-7,13,15-18,27-28H,2-3,8-11H2,1H3,(H2,24,25,29)/t13-,15+,16-,17+,18+/m0/s1. The number of hydrogen-bond donors (Lipinski definition) is 4. The van der Waals surface area contributed by atoms with Crippen LogP contribution >= 0.6 is 0 Å². The smallest absolute Gasteiger partial charge is 0.406 e. The maximum atomic E-state index is 12.3. The van der Waals surface area contributed by atoms with Gasteiger partial charge in [-0.15, -0.1) is 13.2 Å². The number of nitrogens with one attached hydrogen (secondary N) is 2. The SMILES string of the molecule is COC[C@@H]1CCCN1[C@H]1[C@H](O)[C@H](CO)O[C@@H]1CNC(=O)Nc1ccc(OC(F)(F)F)cc1. The Bertz CT molecular complexity index is 751. The fourth-order valence-electron chi connectivity index (χ4n) is 4.29. The van der Waals surface area contributed by atoms with Crippen molar-refractivity contribution >= 4 is 11.7 Å². The first-order chi connectivity index (χ1) is 15.2. The van der Waals surface area contributed by atoms with Crippen LogP contribution in [0.2, 0.25) is 0 Å². The number of rotatable bonds is 8. The maximum absolute atomic E-state index is 12.3. The Morgan fingerprint density at radius 3 is 2.62 bits per heavy atom. The van der Waals surface area contributed by atoms with Gasteiger partial charge in [0.2, 0.25) is 0 Å². The minimum absolute atomic E-state index is 0.0650. The number of carbonyl (C=O) groups is 1. The van der Waals surface area contributed by atoms with Crippen LogP contribution in [0.5, 0.6) is 5.75 Å². The molecule has 1 aromatic rings. The van der Waals surface area contributed by atoms with Gasteiger partial charge >= 0.3 is 12.4 Å². The molecule has 0 saturated carbocycles. The minimum atomic E-state index is -4.79. The molecule has 2 aliphatic rings. The lowest BCUT2D eigenvalue weighted by atomic mass is 10.0. The molecule has 0 aromatic heterocycles. The zero-order chi connectivity index (χ0) is 23.3. The molecule has 0 bridgehead atoms. The molecule has 0 aliphatic carbocycles. The van der Waals surface area contributed by atoms with Crippen molar-refractivity contribution in [3.63, 3.8) is 0 Å². The summed E-state index contributed by atoms with van der Waals surface area (Å²) in [7, 11) is 1.61. The number of urea groups is 1. The van der Waals surface area contributed by atoms with E-state index in [-0.39, 0.29) is 24.9 Å². The van der Waals surface area contributed by atoms with Crippen molar-refractivity contribution in [2.24, 2.45) is 0 Å². The van der Waals surface area contributed by atoms with Crippen LogP contribution in [0.25, 0.3) is 0 Å². The fourth-order valence-corrected chi connectivity index (χ4v) is 4.29. The molecule has 4 N–H and O–H groups in total. The highest BCUT2D eigenvalue weighted by molar-refractivity contribution is 5.89. The van der Waals surface area contributed by atoms with Crippen LogP contribution in [0.15, 0.2) is 24.3 Å². The van der Waals surface area contributed by atoms with E-state index in [1.807, 2.05) is 0 Å². The first-order valence-corrected chi connectivity index (χ1v) is 10.3. The van der Waals surface area contributed by atoms with Crippen molar-refractivity contribution in [3.05, 3.63) is 24.3 Å². The number of hydrogen-bond acceptors (Lipinski definition) is 7. The number of anilines is 1. The first kappa shape index (κ1) is 24.5. The summed E-state index contributed by atoms with van der Waals surface area (Å²) in [6, 6.07) is 3.83. The van der Waals surface area contributed by atoms with Crippen LogP contribution in [0.1, 0.15) is 12.8 Å². The second kappa shape index (κ2) is 10.7. The average molecular weight is 463 g/mol. The fraction of sp³-hybridized carbons (Fsp3) is 0.650. The van der Waals surface area contributed by atoms with Crippen molar-refractivity contribution in [1.82, 2.24) is 10.2 Å². The summed E-state index contributed by atoms with van der Waals surface area (Å²) >= 11 is 0. The summed E-state index contributed by atoms with van der Waals surface area (Å²) in [4.78, 5) is 14.4. The molecule has 9 nitrogen and oxygen atoms in total. The highest BCUT2D eigenvalue weighted by Crippen LogP contribution is 2.31. The quantitative estimate of drug-likeness (QED) is 0.460. The van der Waals surface area contributed by atoms with Crippen molar-refractivity contribution in [2.75, 3.05) is 38.7 Å². The topological polar surface area (TPSA) is 113 Å². The lowest BCUT2D eigenvalue weighted by Crippen LogP contribution is -2.53. The summed E-state index contributed by atoms with van der Waals surface area (Å²) in [5, 5.41) is 25.4. The molecule has 180 valence electrons. The predicted octanol–water partition coefficient (Wildman–Crippen LogP) is 1.31. The number of halogens is 3. The summed E-state index contributed by atoms with van der Waals surface area (Å²) in [6.07, 6.45) is -5.19. The molecule has 1 aromatic carbocycles. The molecule has 3 rings (SSSR count). The molecule has 2 amide bonds. The van der Waals surface area contributed by atoms with Gasteiger partial charge in [0.15, 0.2) is 0 Å². The Labute approximate surface area is 183 Å². The largest absolute Gasteiger partial charge is 0.573 e. The lowest BCUT2D eigenvalue weighted by molar-refractivity contribution is -0.274. The van der Waals surface area contributed by atoms with Crippen molar-refractivity contribution in [3.8, 4) is 5.75 Å². The van der Waals surface area contributed by atoms with Crippen LogP contribution in [0.4, 0.5) is 23.7 Å². The normalized spacial score (nSPS) is 28.6. The van der Waals surface area contributed by atoms with Crippen molar-refractivity contribution in [1.29, 1.82) is 0 Å². The van der Waals surface area contributed by atoms with Gasteiger partial charge in [0, 0.05) is 25.4 Å². The second-order valence-corrected chi connectivity index (χ2v) is 7.77. The van der Waals surface area contributed by atoms with Gasteiger partial charge in [0.25, 0.3) is 0 Å². The lowest BCUT2D eigenvalue weighted by Gasteiger charge is -2.34. The molecular weight excluding hydrogens is 435 g/mol. The average Bonchev–Trinajstić information content (AvgIpc) is 3.30. The zero-order valence-electron chi connectivity index (χ0n) is 17.5. The number of likely N-dealkylation sites (tertiary alicyclic amines) is 1. The summed E-state index contributed by atoms with van der Waals surface area (Å²) in [6.45, 7) is 0.957. The van der Waals surface area contributed by atoms with Gasteiger partial charge in [0.05, 0.1) is 25.4 Å². The van der Waals surface area contributed by atoms with Gasteiger partial charge in [-0.25, -0.2) is 4.79 Å². The van der Waals surface area contributed by atoms with Gasteiger partial charge in [-0.3, -0.25) is 4.90 Å². The minimum Gasteiger partial charge on any atom is -0.406 e. The number of amides is 2. The van der Waals surface area contributed by atoms with Crippen molar-refractivity contribution in [2.45, 2.75) is 49.6 Å². The molecule has 2 aliphatic heterocycles. The number of alkyl halides is 3. The summed E-state index contributed by atoms with van der Waals surface area (Å²) in [5.74, 6) is -0.397. The Balaban J connectivity index is 1.57. The molecule has 0 radical (unpaired) electrons. The van der Waals surface area contributed by atoms with E-state index in [1.54, 1.807) is 7.11 Å². The van der Waals surface area contributed by atoms with E-state index >= 15 is 0 Å². The Morgan fingerprint density at radius 2 is 2.00 bits per heavy atom. The molecule has 0 unspecified atom stereocenters. The van der Waals surface area contributed by atoms with E-state index in [1.165, 1.54) is 12.1 Å². The van der Waals surface area contributed by atoms with Crippen LogP contribution in [-0.4, -0.2) is 91.3 Å². The number of methoxy groups -OCH3 is 1. The van der Waals surface area contributed by atoms with E-state index in [9.17, 15) is 28.2 Å². The third-order valence-corrected chi connectivity index (χ3v) is 5.62. The monoisotopic (exact) mass is 463 g/mol. The van der Waals surface area contributed by atoms with Crippen LogP contribution < -0.4 is 15.4 Å². The van der Waals surface area contributed by atoms with Gasteiger partial charge in [-0.1, -0.05) is 0 Å². The van der Waals surface area contributed by atoms with Crippen LogP contribution in [0.3, 0.4) is 0 Å². The van der Waals surface area contributed by atoms with E-state index in [2.05, 4.69) is 20.3 Å². The summed E-state index contributed by atoms with van der Waals surface area (Å²) in [5.41, 5.74) is 0.272. The Kier molecular flexibility index (Phi) is 8.17. The van der Waals surface area contributed by atoms with E-state index in [0.717, 1.165) is 31.5 Å². The zero-order valence-corrected chi connectivity index (χ0v) is 17.5. The van der Waals surface area contributed by atoms with E-state index in [4.69, 9.17) is 9.47 Å². The number of aliphatic hydroxyl groups excluding tert-OH is 2. The van der Waals surface area contributed by atoms with Gasteiger partial charge in [-0.05, 0) is 43.7 Å². The van der Waals surface area contributed by atoms with Crippen molar-refractivity contribution < 1.29 is 42.4 Å². The van der Waals surface area contributed by atoms with E-state index < -0.39 is 42.5 Å². The molecule has 5 atom stereocenters. The number of aliphatic hydroxyl groups is 2. The highest BCUT2D eigenvalue weighted by Gasteiger charge is 2.48. The summed E-state index contributed by atoms with van der Waals surface area (Å²) < 4.78 is 51.6. The molecule has 32 heavy (non-hydrogen) atoms. The maximum Gasteiger partial charge on any atom is 0.573 e. The molecule has 2 saturated heterocycles. The second-order valence-electron chi connectivity index (χ2n) is 7.77. The third-order valence-electron chi connectivity index (χ3n) is 5.62. The molecule has 2 heterocycles. The number of nitrogens with zero attached hydrogens (tertiary/aromatic N) is 1. The first-order valence-electron chi connectivity index (χ1n) is 10.3. The van der Waals surface area contributed by atoms with Gasteiger partial charge in [-0.2, -0.15) is 0 Å². The highest BCUT2D eigenvalue weighted by atomic mass is 19.4. The van der Waals surface area contributed by atoms with E-state index in [0.29, 0.717) is 6.61 Å². The molecule has 0 spiro atoms. The predicted molar refractivity (Wildman–Crippen MR) is 107 cm³/mol. The molecule has 2 fully saturated rings. The number of carbonyl (C=O) groups excluding carboxylic acids is 1.